The minimum Gasteiger partial charge on any atom is -0.390 e. The number of nitrogens with one attached hydrogen (secondary N) is 2. The predicted molar refractivity (Wildman–Crippen MR) is 130 cm³/mol. The SMILES string of the molecule is CCCNCCN(CCNCC(O)COCCC[Si](O)(O)O)CC(O)COCCC[Si](O)(O)O. The van der Waals surface area contributed by atoms with E-state index in [1.165, 1.54) is 0 Å². The lowest BCUT2D eigenvalue weighted by atomic mass is 10.3. The van der Waals surface area contributed by atoms with Crippen LogP contribution in [0.25, 0.3) is 0 Å². The first-order valence-corrected chi connectivity index (χ1v) is 16.0. The third-order valence-corrected chi connectivity index (χ3v) is 6.76. The molecular weight excluding hydrogens is 486 g/mol. The van der Waals surface area contributed by atoms with E-state index < -0.39 is 29.8 Å². The molecule has 34 heavy (non-hydrogen) atoms. The minimum absolute atomic E-state index is 0.0942. The molecule has 2 unspecified atom stereocenters. The van der Waals surface area contributed by atoms with E-state index in [4.69, 9.17) is 38.2 Å². The summed E-state index contributed by atoms with van der Waals surface area (Å²) in [7, 11) is -8.08. The van der Waals surface area contributed by atoms with Crippen LogP contribution in [0, 0.1) is 0 Å². The molecule has 0 amide bonds. The molecule has 0 aliphatic heterocycles. The third kappa shape index (κ3) is 25.0. The number of aliphatic hydroxyl groups is 2. The molecule has 0 fully saturated rings. The van der Waals surface area contributed by atoms with Crippen molar-refractivity contribution in [1.29, 1.82) is 0 Å². The van der Waals surface area contributed by atoms with Gasteiger partial charge >= 0.3 is 17.6 Å². The Morgan fingerprint density at radius 3 is 1.74 bits per heavy atom. The Morgan fingerprint density at radius 2 is 1.24 bits per heavy atom. The molecule has 0 spiro atoms. The van der Waals surface area contributed by atoms with E-state index in [0.29, 0.717) is 39.0 Å². The molecule has 0 aromatic rings. The van der Waals surface area contributed by atoms with Gasteiger partial charge in [-0.3, -0.25) is 4.90 Å². The summed E-state index contributed by atoms with van der Waals surface area (Å²) in [5.74, 6) is 0. The predicted octanol–water partition coefficient (Wildman–Crippen LogP) is -3.76. The number of hydrogen-bond acceptors (Lipinski definition) is 13. The van der Waals surface area contributed by atoms with E-state index >= 15 is 0 Å². The van der Waals surface area contributed by atoms with E-state index in [-0.39, 0.29) is 38.5 Å². The van der Waals surface area contributed by atoms with Crippen LogP contribution in [0.5, 0.6) is 0 Å². The molecule has 0 aliphatic rings. The number of ether oxygens (including phenoxy) is 2. The lowest BCUT2D eigenvalue weighted by Crippen LogP contribution is -2.43. The summed E-state index contributed by atoms with van der Waals surface area (Å²) < 4.78 is 10.6. The molecule has 0 radical (unpaired) electrons. The number of aliphatic hydroxyl groups excluding tert-OH is 2. The van der Waals surface area contributed by atoms with Gasteiger partial charge in [0.25, 0.3) is 0 Å². The zero-order chi connectivity index (χ0) is 25.9. The van der Waals surface area contributed by atoms with Crippen LogP contribution in [0.1, 0.15) is 26.2 Å². The largest absolute Gasteiger partial charge is 0.492 e. The molecule has 2 atom stereocenters. The highest BCUT2D eigenvalue weighted by atomic mass is 28.4. The van der Waals surface area contributed by atoms with Crippen LogP contribution in [0.2, 0.25) is 12.1 Å². The average Bonchev–Trinajstić information content (AvgIpc) is 2.71. The Morgan fingerprint density at radius 1 is 0.735 bits per heavy atom. The number of nitrogens with zero attached hydrogens (tertiary/aromatic N) is 1. The summed E-state index contributed by atoms with van der Waals surface area (Å²) in [6, 6.07) is -0.200. The highest BCUT2D eigenvalue weighted by Crippen LogP contribution is 2.03. The molecule has 0 saturated heterocycles. The van der Waals surface area contributed by atoms with E-state index in [1.54, 1.807) is 0 Å². The van der Waals surface area contributed by atoms with Gasteiger partial charge in [-0.15, -0.1) is 0 Å². The van der Waals surface area contributed by atoms with Crippen LogP contribution in [-0.4, -0.2) is 146 Å². The van der Waals surface area contributed by atoms with Crippen LogP contribution in [0.4, 0.5) is 0 Å². The van der Waals surface area contributed by atoms with Gasteiger partial charge in [-0.05, 0) is 25.8 Å². The molecule has 0 aliphatic carbocycles. The Balaban J connectivity index is 4.10. The Hall–Kier alpha value is -0.0862. The maximum Gasteiger partial charge on any atom is 0.492 e. The van der Waals surface area contributed by atoms with Crippen molar-refractivity contribution < 1.29 is 48.5 Å². The summed E-state index contributed by atoms with van der Waals surface area (Å²) in [4.78, 5) is 55.8. The lowest BCUT2D eigenvalue weighted by molar-refractivity contribution is 0.0158. The molecule has 0 rings (SSSR count). The van der Waals surface area contributed by atoms with Crippen LogP contribution < -0.4 is 10.6 Å². The van der Waals surface area contributed by atoms with Gasteiger partial charge in [-0.2, -0.15) is 0 Å². The van der Waals surface area contributed by atoms with Gasteiger partial charge in [0.05, 0.1) is 25.4 Å². The fraction of sp³-hybridized carbons (Fsp3) is 1.00. The van der Waals surface area contributed by atoms with Crippen LogP contribution >= 0.6 is 0 Å². The summed E-state index contributed by atoms with van der Waals surface area (Å²) in [5, 5.41) is 26.7. The normalized spacial score (nSPS) is 14.6. The van der Waals surface area contributed by atoms with Crippen molar-refractivity contribution in [3.05, 3.63) is 0 Å². The molecule has 0 heterocycles. The molecule has 206 valence electrons. The van der Waals surface area contributed by atoms with Crippen LogP contribution in [0.15, 0.2) is 0 Å². The van der Waals surface area contributed by atoms with Crippen molar-refractivity contribution in [3.63, 3.8) is 0 Å². The second kappa shape index (κ2) is 20.0. The third-order valence-electron chi connectivity index (χ3n) is 4.71. The zero-order valence-corrected chi connectivity index (χ0v) is 22.3. The van der Waals surface area contributed by atoms with Crippen LogP contribution in [-0.2, 0) is 9.47 Å². The summed E-state index contributed by atoms with van der Waals surface area (Å²) in [6.07, 6.45) is 0.186. The van der Waals surface area contributed by atoms with Crippen molar-refractivity contribution in [2.75, 3.05) is 72.2 Å². The molecule has 0 aromatic heterocycles. The first-order valence-electron chi connectivity index (χ1n) is 11.9. The summed E-state index contributed by atoms with van der Waals surface area (Å²) in [5.41, 5.74) is 0. The smallest absolute Gasteiger partial charge is 0.390 e. The Kier molecular flexibility index (Phi) is 20.0. The van der Waals surface area contributed by atoms with E-state index in [9.17, 15) is 10.2 Å². The molecule has 15 heteroatoms. The first-order chi connectivity index (χ1) is 15.9. The number of hydrogen-bond donors (Lipinski definition) is 10. The Bertz CT molecular complexity index is 473. The molecule has 0 bridgehead atoms. The molecule has 10 N–H and O–H groups in total. The van der Waals surface area contributed by atoms with Gasteiger partial charge in [0.1, 0.15) is 0 Å². The first kappa shape index (κ1) is 33.9. The highest BCUT2D eigenvalue weighted by molar-refractivity contribution is 6.56. The van der Waals surface area contributed by atoms with Crippen molar-refractivity contribution >= 4 is 17.6 Å². The molecule has 0 aromatic carbocycles. The number of rotatable bonds is 24. The fourth-order valence-corrected chi connectivity index (χ4v) is 4.25. The molecule has 13 nitrogen and oxygen atoms in total. The highest BCUT2D eigenvalue weighted by Gasteiger charge is 2.26. The quantitative estimate of drug-likeness (QED) is 0.0428. The Labute approximate surface area is 204 Å². The van der Waals surface area contributed by atoms with Gasteiger partial charge < -0.3 is 59.1 Å². The van der Waals surface area contributed by atoms with Crippen molar-refractivity contribution in [2.24, 2.45) is 0 Å². The fourth-order valence-electron chi connectivity index (χ4n) is 3.01. The zero-order valence-electron chi connectivity index (χ0n) is 20.3. The van der Waals surface area contributed by atoms with E-state index in [2.05, 4.69) is 22.5 Å². The standard InChI is InChI=1S/C19H47N3O10Si2/c1-2-5-20-6-8-22(15-19(24)17-32-11-4-13-34(28,29)30)9-7-21-14-18(23)16-31-10-3-12-33(25,26)27/h18-21,23-30H,2-17H2,1H3. The van der Waals surface area contributed by atoms with Crippen molar-refractivity contribution in [3.8, 4) is 0 Å². The topological polar surface area (TPSA) is 208 Å². The molecular formula is C19H47N3O10Si2. The van der Waals surface area contributed by atoms with Crippen molar-refractivity contribution in [2.45, 2.75) is 50.5 Å². The van der Waals surface area contributed by atoms with Gasteiger partial charge in [0.15, 0.2) is 0 Å². The van der Waals surface area contributed by atoms with Gasteiger partial charge in [-0.1, -0.05) is 6.92 Å². The monoisotopic (exact) mass is 533 g/mol. The van der Waals surface area contributed by atoms with Crippen molar-refractivity contribution in [1.82, 2.24) is 15.5 Å². The average molecular weight is 534 g/mol. The molecule has 0 saturated carbocycles. The summed E-state index contributed by atoms with van der Waals surface area (Å²) >= 11 is 0. The van der Waals surface area contributed by atoms with E-state index in [0.717, 1.165) is 26.1 Å². The second-order valence-corrected chi connectivity index (χ2v) is 12.6. The van der Waals surface area contributed by atoms with E-state index in [1.807, 2.05) is 0 Å². The summed E-state index contributed by atoms with van der Waals surface area (Å²) in [6.45, 7) is 7.06. The van der Waals surface area contributed by atoms with Gasteiger partial charge in [0, 0.05) is 64.6 Å². The maximum absolute atomic E-state index is 10.3. The minimum atomic E-state index is -4.04. The van der Waals surface area contributed by atoms with Crippen LogP contribution in [0.3, 0.4) is 0 Å². The lowest BCUT2D eigenvalue weighted by Gasteiger charge is -2.25. The maximum atomic E-state index is 10.3. The van der Waals surface area contributed by atoms with Gasteiger partial charge in [-0.25, -0.2) is 0 Å². The second-order valence-electron chi connectivity index (χ2n) is 8.47. The van der Waals surface area contributed by atoms with Gasteiger partial charge in [0.2, 0.25) is 0 Å².